The quantitative estimate of drug-likeness (QED) is 0.882. The van der Waals surface area contributed by atoms with E-state index in [1.807, 2.05) is 18.2 Å². The average Bonchev–Trinajstić information content (AvgIpc) is 2.46. The molecule has 4 nitrogen and oxygen atoms in total. The van der Waals surface area contributed by atoms with Gasteiger partial charge >= 0.3 is 0 Å². The van der Waals surface area contributed by atoms with E-state index in [0.717, 1.165) is 12.2 Å². The number of likely N-dealkylation sites (tertiary alicyclic amines) is 1. The van der Waals surface area contributed by atoms with Gasteiger partial charge in [-0.05, 0) is 45.8 Å². The summed E-state index contributed by atoms with van der Waals surface area (Å²) >= 11 is 0. The smallest absolute Gasteiger partial charge is 0.213 e. The van der Waals surface area contributed by atoms with E-state index >= 15 is 0 Å². The molecule has 1 aromatic rings. The third-order valence-corrected chi connectivity index (χ3v) is 3.82. The van der Waals surface area contributed by atoms with Crippen molar-refractivity contribution in [2.45, 2.75) is 45.3 Å². The number of pyridine rings is 1. The van der Waals surface area contributed by atoms with Crippen LogP contribution in [0.4, 0.5) is 0 Å². The van der Waals surface area contributed by atoms with E-state index < -0.39 is 0 Å². The van der Waals surface area contributed by atoms with E-state index in [2.05, 4.69) is 29.0 Å². The normalized spacial score (nSPS) is 17.9. The van der Waals surface area contributed by atoms with E-state index in [9.17, 15) is 0 Å². The van der Waals surface area contributed by atoms with Crippen LogP contribution in [-0.2, 0) is 6.54 Å². The van der Waals surface area contributed by atoms with Crippen LogP contribution >= 0.6 is 0 Å². The second-order valence-electron chi connectivity index (χ2n) is 5.46. The number of hydrogen-bond donors (Lipinski definition) is 1. The summed E-state index contributed by atoms with van der Waals surface area (Å²) in [7, 11) is 1.65. The Bertz CT molecular complexity index is 387. The number of piperidine rings is 1. The lowest BCUT2D eigenvalue weighted by Gasteiger charge is -2.34. The van der Waals surface area contributed by atoms with Crippen LogP contribution in [0.2, 0.25) is 0 Å². The third kappa shape index (κ3) is 4.18. The van der Waals surface area contributed by atoms with Crippen molar-refractivity contribution in [1.29, 1.82) is 0 Å². The standard InChI is InChI=1S/C15H25N3O/c1-12(2)18-9-7-13(8-10-18)16-11-14-5-4-6-15(17-14)19-3/h4-6,12-13,16H,7-11H2,1-3H3. The molecule has 0 spiro atoms. The SMILES string of the molecule is COc1cccc(CNC2CCN(C(C)C)CC2)n1. The van der Waals surface area contributed by atoms with Crippen LogP contribution < -0.4 is 10.1 Å². The van der Waals surface area contributed by atoms with E-state index in [-0.39, 0.29) is 0 Å². The van der Waals surface area contributed by atoms with Crippen LogP contribution in [0, 0.1) is 0 Å². The van der Waals surface area contributed by atoms with Gasteiger partial charge in [-0.15, -0.1) is 0 Å². The summed E-state index contributed by atoms with van der Waals surface area (Å²) in [6.07, 6.45) is 2.45. The minimum absolute atomic E-state index is 0.614. The first-order valence-corrected chi connectivity index (χ1v) is 7.16. The molecular formula is C15H25N3O. The molecule has 0 bridgehead atoms. The summed E-state index contributed by atoms with van der Waals surface area (Å²) in [6.45, 7) is 7.76. The molecule has 0 saturated carbocycles. The first-order chi connectivity index (χ1) is 9.19. The van der Waals surface area contributed by atoms with Crippen molar-refractivity contribution >= 4 is 0 Å². The molecule has 0 radical (unpaired) electrons. The van der Waals surface area contributed by atoms with Crippen LogP contribution in [0.25, 0.3) is 0 Å². The fourth-order valence-corrected chi connectivity index (χ4v) is 2.54. The number of methoxy groups -OCH3 is 1. The molecule has 2 heterocycles. The van der Waals surface area contributed by atoms with Gasteiger partial charge in [0.15, 0.2) is 0 Å². The molecular weight excluding hydrogens is 238 g/mol. The van der Waals surface area contributed by atoms with Gasteiger partial charge in [-0.2, -0.15) is 0 Å². The van der Waals surface area contributed by atoms with Gasteiger partial charge in [0.05, 0.1) is 12.8 Å². The Morgan fingerprint density at radius 2 is 2.11 bits per heavy atom. The van der Waals surface area contributed by atoms with Gasteiger partial charge in [0, 0.05) is 24.7 Å². The first-order valence-electron chi connectivity index (χ1n) is 7.16. The summed E-state index contributed by atoms with van der Waals surface area (Å²) in [5.41, 5.74) is 1.05. The summed E-state index contributed by atoms with van der Waals surface area (Å²) < 4.78 is 5.14. The van der Waals surface area contributed by atoms with Crippen molar-refractivity contribution in [3.63, 3.8) is 0 Å². The summed E-state index contributed by atoms with van der Waals surface area (Å²) in [6, 6.07) is 7.19. The molecule has 0 atom stereocenters. The van der Waals surface area contributed by atoms with Crippen molar-refractivity contribution in [2.75, 3.05) is 20.2 Å². The zero-order chi connectivity index (χ0) is 13.7. The highest BCUT2D eigenvalue weighted by Crippen LogP contribution is 2.14. The molecule has 1 saturated heterocycles. The second kappa shape index (κ2) is 6.87. The molecule has 0 aromatic carbocycles. The Kier molecular flexibility index (Phi) is 5.16. The molecule has 106 valence electrons. The van der Waals surface area contributed by atoms with Crippen LogP contribution in [-0.4, -0.2) is 42.2 Å². The molecule has 0 amide bonds. The van der Waals surface area contributed by atoms with Gasteiger partial charge in [-0.3, -0.25) is 0 Å². The highest BCUT2D eigenvalue weighted by Gasteiger charge is 2.20. The van der Waals surface area contributed by atoms with Crippen molar-refractivity contribution in [3.05, 3.63) is 23.9 Å². The lowest BCUT2D eigenvalue weighted by molar-refractivity contribution is 0.160. The lowest BCUT2D eigenvalue weighted by Crippen LogP contribution is -2.44. The van der Waals surface area contributed by atoms with Crippen LogP contribution in [0.3, 0.4) is 0 Å². The fourth-order valence-electron chi connectivity index (χ4n) is 2.54. The molecule has 1 fully saturated rings. The Labute approximate surface area is 116 Å². The Hall–Kier alpha value is -1.13. The summed E-state index contributed by atoms with van der Waals surface area (Å²) in [5, 5.41) is 3.60. The Morgan fingerprint density at radius 1 is 1.37 bits per heavy atom. The summed E-state index contributed by atoms with van der Waals surface area (Å²) in [4.78, 5) is 6.97. The highest BCUT2D eigenvalue weighted by atomic mass is 16.5. The highest BCUT2D eigenvalue weighted by molar-refractivity contribution is 5.15. The van der Waals surface area contributed by atoms with E-state index in [4.69, 9.17) is 4.74 Å². The predicted molar refractivity (Wildman–Crippen MR) is 77.4 cm³/mol. The molecule has 19 heavy (non-hydrogen) atoms. The van der Waals surface area contributed by atoms with Gasteiger partial charge in [0.25, 0.3) is 0 Å². The minimum atomic E-state index is 0.614. The topological polar surface area (TPSA) is 37.4 Å². The van der Waals surface area contributed by atoms with Crippen LogP contribution in [0.15, 0.2) is 18.2 Å². The largest absolute Gasteiger partial charge is 0.481 e. The average molecular weight is 263 g/mol. The number of ether oxygens (including phenoxy) is 1. The Morgan fingerprint density at radius 3 is 2.74 bits per heavy atom. The molecule has 4 heteroatoms. The maximum absolute atomic E-state index is 5.14. The molecule has 0 aliphatic carbocycles. The molecule has 1 aliphatic rings. The maximum Gasteiger partial charge on any atom is 0.213 e. The summed E-state index contributed by atoms with van der Waals surface area (Å²) in [5.74, 6) is 0.689. The van der Waals surface area contributed by atoms with Crippen LogP contribution in [0.1, 0.15) is 32.4 Å². The monoisotopic (exact) mass is 263 g/mol. The third-order valence-electron chi connectivity index (χ3n) is 3.82. The molecule has 2 rings (SSSR count). The van der Waals surface area contributed by atoms with Gasteiger partial charge in [0.1, 0.15) is 0 Å². The number of rotatable bonds is 5. The molecule has 1 N–H and O–H groups in total. The Balaban J connectivity index is 1.77. The van der Waals surface area contributed by atoms with Gasteiger partial charge in [-0.1, -0.05) is 6.07 Å². The van der Waals surface area contributed by atoms with Crippen LogP contribution in [0.5, 0.6) is 5.88 Å². The van der Waals surface area contributed by atoms with Gasteiger partial charge in [-0.25, -0.2) is 4.98 Å². The minimum Gasteiger partial charge on any atom is -0.481 e. The van der Waals surface area contributed by atoms with E-state index in [1.54, 1.807) is 7.11 Å². The van der Waals surface area contributed by atoms with Gasteiger partial charge < -0.3 is 15.0 Å². The zero-order valence-corrected chi connectivity index (χ0v) is 12.2. The number of nitrogens with zero attached hydrogens (tertiary/aromatic N) is 2. The van der Waals surface area contributed by atoms with Crippen molar-refractivity contribution in [1.82, 2.24) is 15.2 Å². The first kappa shape index (κ1) is 14.3. The number of hydrogen-bond acceptors (Lipinski definition) is 4. The molecule has 1 aromatic heterocycles. The van der Waals surface area contributed by atoms with E-state index in [1.165, 1.54) is 25.9 Å². The lowest BCUT2D eigenvalue weighted by atomic mass is 10.0. The molecule has 1 aliphatic heterocycles. The zero-order valence-electron chi connectivity index (χ0n) is 12.2. The fraction of sp³-hybridized carbons (Fsp3) is 0.667. The van der Waals surface area contributed by atoms with Crippen molar-refractivity contribution < 1.29 is 4.74 Å². The van der Waals surface area contributed by atoms with Crippen molar-refractivity contribution in [3.8, 4) is 5.88 Å². The van der Waals surface area contributed by atoms with Crippen molar-refractivity contribution in [2.24, 2.45) is 0 Å². The molecule has 0 unspecified atom stereocenters. The van der Waals surface area contributed by atoms with E-state index in [0.29, 0.717) is 18.0 Å². The number of nitrogens with one attached hydrogen (secondary N) is 1. The maximum atomic E-state index is 5.14. The second-order valence-corrected chi connectivity index (χ2v) is 5.46. The van der Waals surface area contributed by atoms with Gasteiger partial charge in [0.2, 0.25) is 5.88 Å². The number of aromatic nitrogens is 1. The predicted octanol–water partition coefficient (Wildman–Crippen LogP) is 2.05.